The van der Waals surface area contributed by atoms with Gasteiger partial charge < -0.3 is 28.9 Å². The van der Waals surface area contributed by atoms with Crippen LogP contribution in [0.5, 0.6) is 0 Å². The van der Waals surface area contributed by atoms with E-state index in [0.29, 0.717) is 12.8 Å². The van der Waals surface area contributed by atoms with Gasteiger partial charge in [-0.3, -0.25) is 4.79 Å². The minimum Gasteiger partial charge on any atom is -1.00 e. The molecule has 1 aliphatic rings. The number of carbonyl (C=O) groups is 1. The molecule has 1 aromatic heterocycles. The Morgan fingerprint density at radius 2 is 2.21 bits per heavy atom. The molecule has 1 aliphatic carbocycles. The van der Waals surface area contributed by atoms with Gasteiger partial charge in [-0.2, -0.15) is 0 Å². The van der Waals surface area contributed by atoms with Gasteiger partial charge in [-0.1, -0.05) is 15.9 Å². The molecule has 19 heavy (non-hydrogen) atoms. The van der Waals surface area contributed by atoms with E-state index in [2.05, 4.69) is 27.0 Å². The summed E-state index contributed by atoms with van der Waals surface area (Å²) in [6.45, 7) is 0. The summed E-state index contributed by atoms with van der Waals surface area (Å²) >= 11 is 3.47. The highest BCUT2D eigenvalue weighted by Gasteiger charge is 2.30. The zero-order valence-corrected chi connectivity index (χ0v) is 12.5. The molecule has 0 saturated heterocycles. The number of aromatic nitrogens is 1. The number of fused-ring (bicyclic) bond motifs is 3. The predicted molar refractivity (Wildman–Crippen MR) is 75.0 cm³/mol. The highest BCUT2D eigenvalue weighted by atomic mass is 79.9. The smallest absolute Gasteiger partial charge is 1.00 e. The molecule has 102 valence electrons. The van der Waals surface area contributed by atoms with E-state index in [1.165, 1.54) is 0 Å². The topological polar surface area (TPSA) is 84.9 Å². The lowest BCUT2D eigenvalue weighted by Crippen LogP contribution is -3.00. The van der Waals surface area contributed by atoms with Crippen molar-refractivity contribution < 1.29 is 18.6 Å². The second-order valence-corrected chi connectivity index (χ2v) is 5.77. The Kier molecular flexibility index (Phi) is 3.90. The second kappa shape index (κ2) is 5.15. The van der Waals surface area contributed by atoms with Crippen molar-refractivity contribution in [2.24, 2.45) is 17.4 Å². The largest absolute Gasteiger partial charge is 1.00 e. The average Bonchev–Trinajstić information content (AvgIpc) is 2.68. The Morgan fingerprint density at radius 3 is 2.89 bits per heavy atom. The molecule has 2 aromatic rings. The van der Waals surface area contributed by atoms with Crippen molar-refractivity contribution in [1.29, 1.82) is 0 Å². The lowest BCUT2D eigenvalue weighted by molar-refractivity contribution is -0.122. The van der Waals surface area contributed by atoms with Gasteiger partial charge in [0, 0.05) is 33.0 Å². The molecule has 3 rings (SSSR count). The summed E-state index contributed by atoms with van der Waals surface area (Å²) < 4.78 is 1.02. The number of hydrogen-bond donors (Lipinski definition) is 3. The number of amides is 1. The number of nitrogens with one attached hydrogen (secondary N) is 1. The van der Waals surface area contributed by atoms with Crippen molar-refractivity contribution in [3.8, 4) is 0 Å². The molecule has 0 aliphatic heterocycles. The van der Waals surface area contributed by atoms with E-state index >= 15 is 0 Å². The second-order valence-electron chi connectivity index (χ2n) is 4.85. The fourth-order valence-corrected chi connectivity index (χ4v) is 3.11. The zero-order valence-electron chi connectivity index (χ0n) is 11.1. The maximum absolute atomic E-state index is 11.4. The predicted octanol–water partition coefficient (Wildman–Crippen LogP) is -0.906. The van der Waals surface area contributed by atoms with Gasteiger partial charge >= 0.3 is 1.43 Å². The van der Waals surface area contributed by atoms with Gasteiger partial charge in [0.25, 0.3) is 0 Å². The first-order chi connectivity index (χ1) is 8.56. The van der Waals surface area contributed by atoms with E-state index in [1.807, 2.05) is 12.1 Å². The van der Waals surface area contributed by atoms with Crippen LogP contribution in [0.2, 0.25) is 0 Å². The summed E-state index contributed by atoms with van der Waals surface area (Å²) in [5.74, 6) is -0.425. The molecule has 5 N–H and O–H groups in total. The maximum Gasteiger partial charge on any atom is 1.00 e. The van der Waals surface area contributed by atoms with Gasteiger partial charge in [0.2, 0.25) is 5.91 Å². The molecule has 0 bridgehead atoms. The molecule has 0 radical (unpaired) electrons. The van der Waals surface area contributed by atoms with Crippen LogP contribution < -0.4 is 23.9 Å². The molecule has 1 amide bonds. The fourth-order valence-electron chi connectivity index (χ4n) is 2.75. The number of aromatic amines is 1. The summed E-state index contributed by atoms with van der Waals surface area (Å²) in [6, 6.07) is 5.92. The molecule has 2 unspecified atom stereocenters. The first kappa shape index (κ1) is 14.4. The first-order valence-electron chi connectivity index (χ1n) is 5.91. The van der Waals surface area contributed by atoms with Gasteiger partial charge in [0.1, 0.15) is 0 Å². The molecule has 0 spiro atoms. The molecule has 1 aromatic carbocycles. The minimum atomic E-state index is -0.263. The third-order valence-electron chi connectivity index (χ3n) is 3.66. The average molecular weight is 345 g/mol. The van der Waals surface area contributed by atoms with Gasteiger partial charge in [-0.05, 0) is 36.6 Å². The van der Waals surface area contributed by atoms with Crippen LogP contribution in [-0.4, -0.2) is 10.9 Å². The zero-order chi connectivity index (χ0) is 12.9. The van der Waals surface area contributed by atoms with Crippen LogP contribution in [0.4, 0.5) is 0 Å². The van der Waals surface area contributed by atoms with Crippen LogP contribution in [0.1, 0.15) is 25.1 Å². The van der Waals surface area contributed by atoms with Crippen LogP contribution >= 0.6 is 15.9 Å². The van der Waals surface area contributed by atoms with E-state index in [0.717, 1.165) is 26.6 Å². The van der Waals surface area contributed by atoms with Crippen LogP contribution in [0.15, 0.2) is 22.7 Å². The Hall–Kier alpha value is -1.04. The van der Waals surface area contributed by atoms with E-state index < -0.39 is 0 Å². The fraction of sp³-hybridized carbons (Fsp3) is 0.308. The Bertz CT molecular complexity index is 646. The third-order valence-corrected chi connectivity index (χ3v) is 4.16. The number of nitrogens with two attached hydrogens (primary N) is 2. The number of H-pyrrole nitrogens is 1. The molecular weight excluding hydrogens is 330 g/mol. The summed E-state index contributed by atoms with van der Waals surface area (Å²) in [5, 5.41) is 1.13. The van der Waals surface area contributed by atoms with E-state index in [-0.39, 0.29) is 31.7 Å². The lowest BCUT2D eigenvalue weighted by atomic mass is 9.83. The maximum atomic E-state index is 11.4. The minimum absolute atomic E-state index is 0. The quantitative estimate of drug-likeness (QED) is 0.626. The Balaban J connectivity index is 0.000001000. The number of rotatable bonds is 1. The standard InChI is InChI=1S/C13H14BrN3O.ClH/c14-7-1-2-11-8(5-7)9-3-6(13(16)18)4-10(15)12(9)17-11;/h1-2,5-6,10,17H,3-4,15H2,(H2,16,18);1H. The molecule has 0 fully saturated rings. The van der Waals surface area contributed by atoms with Gasteiger partial charge in [0.05, 0.1) is 0 Å². The van der Waals surface area contributed by atoms with Crippen molar-refractivity contribution >= 4 is 32.7 Å². The molecule has 0 saturated carbocycles. The first-order valence-corrected chi connectivity index (χ1v) is 6.70. The summed E-state index contributed by atoms with van der Waals surface area (Å²) in [5.41, 5.74) is 14.8. The lowest BCUT2D eigenvalue weighted by Gasteiger charge is -2.24. The van der Waals surface area contributed by atoms with Crippen LogP contribution in [0.3, 0.4) is 0 Å². The van der Waals surface area contributed by atoms with Crippen molar-refractivity contribution in [3.05, 3.63) is 33.9 Å². The molecular formula is C13H15BrClN3O. The van der Waals surface area contributed by atoms with Gasteiger partial charge in [-0.15, -0.1) is 0 Å². The van der Waals surface area contributed by atoms with Crippen molar-refractivity contribution in [3.63, 3.8) is 0 Å². The highest BCUT2D eigenvalue weighted by molar-refractivity contribution is 9.10. The molecule has 6 heteroatoms. The summed E-state index contributed by atoms with van der Waals surface area (Å²) in [4.78, 5) is 14.7. The van der Waals surface area contributed by atoms with Crippen LogP contribution in [0.25, 0.3) is 10.9 Å². The van der Waals surface area contributed by atoms with E-state index in [9.17, 15) is 4.79 Å². The van der Waals surface area contributed by atoms with E-state index in [4.69, 9.17) is 11.5 Å². The van der Waals surface area contributed by atoms with Gasteiger partial charge in [-0.25, -0.2) is 0 Å². The molecule has 4 nitrogen and oxygen atoms in total. The Labute approximate surface area is 126 Å². The van der Waals surface area contributed by atoms with Gasteiger partial charge in [0.15, 0.2) is 0 Å². The normalized spacial score (nSPS) is 21.8. The number of benzene rings is 1. The number of primary amides is 1. The van der Waals surface area contributed by atoms with Crippen LogP contribution in [-0.2, 0) is 11.2 Å². The monoisotopic (exact) mass is 343 g/mol. The SMILES string of the molecule is NC(=O)C1Cc2c([nH]c3ccc(Br)cc23)C(N)C1.[Cl-].[H+]. The third kappa shape index (κ3) is 2.38. The molecule has 1 heterocycles. The van der Waals surface area contributed by atoms with Crippen molar-refractivity contribution in [2.45, 2.75) is 18.9 Å². The highest BCUT2D eigenvalue weighted by Crippen LogP contribution is 2.36. The number of halogens is 2. The molecule has 2 atom stereocenters. The summed E-state index contributed by atoms with van der Waals surface area (Å²) in [7, 11) is 0. The number of carbonyl (C=O) groups excluding carboxylic acids is 1. The van der Waals surface area contributed by atoms with Crippen molar-refractivity contribution in [2.75, 3.05) is 0 Å². The van der Waals surface area contributed by atoms with Crippen molar-refractivity contribution in [1.82, 2.24) is 4.98 Å². The Morgan fingerprint density at radius 1 is 1.47 bits per heavy atom. The number of hydrogen-bond acceptors (Lipinski definition) is 2. The van der Waals surface area contributed by atoms with Crippen LogP contribution in [0, 0.1) is 5.92 Å². The summed E-state index contributed by atoms with van der Waals surface area (Å²) in [6.07, 6.45) is 1.30. The van der Waals surface area contributed by atoms with E-state index in [1.54, 1.807) is 0 Å².